The fourth-order valence-electron chi connectivity index (χ4n) is 2.44. The average Bonchev–Trinajstić information content (AvgIpc) is 2.72. The van der Waals surface area contributed by atoms with Crippen molar-refractivity contribution in [2.24, 2.45) is 5.41 Å². The topological polar surface area (TPSA) is 58.6 Å². The molecule has 0 aromatic carbocycles. The molecule has 106 valence electrons. The number of aliphatic hydroxyl groups is 1. The maximum Gasteiger partial charge on any atom is 0.249 e. The number of rotatable bonds is 7. The van der Waals surface area contributed by atoms with E-state index in [2.05, 4.69) is 12.2 Å². The second-order valence-electron chi connectivity index (χ2n) is 5.63. The molecule has 0 saturated heterocycles. The van der Waals surface area contributed by atoms with Crippen LogP contribution in [0.25, 0.3) is 0 Å². The lowest BCUT2D eigenvalue weighted by Crippen LogP contribution is -2.48. The van der Waals surface area contributed by atoms with E-state index >= 15 is 0 Å². The van der Waals surface area contributed by atoms with Crippen LogP contribution in [0.3, 0.4) is 0 Å². The first-order valence-corrected chi connectivity index (χ1v) is 7.06. The first kappa shape index (κ1) is 15.4. The second-order valence-corrected chi connectivity index (χ2v) is 5.63. The monoisotopic (exact) mass is 257 g/mol. The highest BCUT2D eigenvalue weighted by Crippen LogP contribution is 2.37. The third-order valence-corrected chi connectivity index (χ3v) is 3.99. The van der Waals surface area contributed by atoms with Gasteiger partial charge in [0.25, 0.3) is 0 Å². The van der Waals surface area contributed by atoms with Crippen LogP contribution in [0, 0.1) is 5.41 Å². The van der Waals surface area contributed by atoms with Crippen molar-refractivity contribution in [3.05, 3.63) is 0 Å². The van der Waals surface area contributed by atoms with Crippen LogP contribution in [-0.4, -0.2) is 36.4 Å². The summed E-state index contributed by atoms with van der Waals surface area (Å²) in [6, 6.07) is 0.0761. The Kier molecular flexibility index (Phi) is 6.09. The fraction of sp³-hybridized carbons (Fsp3) is 0.929. The van der Waals surface area contributed by atoms with Crippen LogP contribution in [0.2, 0.25) is 0 Å². The van der Waals surface area contributed by atoms with Crippen molar-refractivity contribution in [3.8, 4) is 0 Å². The third kappa shape index (κ3) is 3.95. The Morgan fingerprint density at radius 3 is 2.94 bits per heavy atom. The van der Waals surface area contributed by atoms with Gasteiger partial charge in [-0.15, -0.1) is 0 Å². The smallest absolute Gasteiger partial charge is 0.249 e. The number of unbranched alkanes of at least 4 members (excludes halogenated alkanes) is 1. The summed E-state index contributed by atoms with van der Waals surface area (Å²) in [5.41, 5.74) is -0.168. The van der Waals surface area contributed by atoms with Crippen LogP contribution >= 0.6 is 0 Å². The molecule has 0 aromatic rings. The number of ether oxygens (including phenoxy) is 1. The molecule has 0 heterocycles. The lowest BCUT2D eigenvalue weighted by atomic mass is 9.86. The molecule has 3 unspecified atom stereocenters. The van der Waals surface area contributed by atoms with E-state index in [1.807, 2.05) is 6.92 Å². The van der Waals surface area contributed by atoms with Gasteiger partial charge in [-0.2, -0.15) is 0 Å². The van der Waals surface area contributed by atoms with Crippen molar-refractivity contribution < 1.29 is 14.6 Å². The molecule has 0 aromatic heterocycles. The molecule has 2 N–H and O–H groups in total. The Hall–Kier alpha value is -0.610. The van der Waals surface area contributed by atoms with E-state index in [1.165, 1.54) is 0 Å². The zero-order chi connectivity index (χ0) is 13.6. The fourth-order valence-corrected chi connectivity index (χ4v) is 2.44. The summed E-state index contributed by atoms with van der Waals surface area (Å²) in [7, 11) is 0. The first-order valence-electron chi connectivity index (χ1n) is 7.06. The summed E-state index contributed by atoms with van der Waals surface area (Å²) in [6.45, 7) is 6.68. The minimum Gasteiger partial charge on any atom is -0.396 e. The second kappa shape index (κ2) is 7.10. The largest absolute Gasteiger partial charge is 0.396 e. The van der Waals surface area contributed by atoms with Gasteiger partial charge in [-0.05, 0) is 26.2 Å². The SMILES string of the molecule is CCCCOC(C)C(=O)NC1CCCC1(C)CO. The molecule has 1 rings (SSSR count). The van der Waals surface area contributed by atoms with Gasteiger partial charge in [0.05, 0.1) is 6.61 Å². The highest BCUT2D eigenvalue weighted by Gasteiger charge is 2.39. The van der Waals surface area contributed by atoms with Gasteiger partial charge in [0.15, 0.2) is 0 Å². The summed E-state index contributed by atoms with van der Waals surface area (Å²) in [5, 5.41) is 12.5. The molecule has 1 saturated carbocycles. The Balaban J connectivity index is 2.39. The Bertz CT molecular complexity index is 270. The number of carbonyl (C=O) groups is 1. The Labute approximate surface area is 110 Å². The van der Waals surface area contributed by atoms with Crippen molar-refractivity contribution in [1.82, 2.24) is 5.32 Å². The maximum absolute atomic E-state index is 12.0. The van der Waals surface area contributed by atoms with Crippen LogP contribution in [0.15, 0.2) is 0 Å². The van der Waals surface area contributed by atoms with Crippen LogP contribution in [0.4, 0.5) is 0 Å². The van der Waals surface area contributed by atoms with Gasteiger partial charge in [0.1, 0.15) is 6.10 Å². The number of hydrogen-bond acceptors (Lipinski definition) is 3. The molecule has 18 heavy (non-hydrogen) atoms. The number of amides is 1. The van der Waals surface area contributed by atoms with Gasteiger partial charge < -0.3 is 15.2 Å². The minimum atomic E-state index is -0.403. The zero-order valence-corrected chi connectivity index (χ0v) is 11.9. The van der Waals surface area contributed by atoms with Crippen molar-refractivity contribution in [1.29, 1.82) is 0 Å². The van der Waals surface area contributed by atoms with E-state index < -0.39 is 6.10 Å². The van der Waals surface area contributed by atoms with Gasteiger partial charge in [-0.25, -0.2) is 0 Å². The van der Waals surface area contributed by atoms with Crippen molar-refractivity contribution in [2.75, 3.05) is 13.2 Å². The molecule has 1 amide bonds. The predicted molar refractivity (Wildman–Crippen MR) is 71.3 cm³/mol. The average molecular weight is 257 g/mol. The normalized spacial score (nSPS) is 29.2. The summed E-state index contributed by atoms with van der Waals surface area (Å²) < 4.78 is 5.48. The number of nitrogens with one attached hydrogen (secondary N) is 1. The van der Waals surface area contributed by atoms with Crippen LogP contribution < -0.4 is 5.32 Å². The summed E-state index contributed by atoms with van der Waals surface area (Å²) in [4.78, 5) is 12.0. The van der Waals surface area contributed by atoms with E-state index in [-0.39, 0.29) is 24.0 Å². The molecule has 1 aliphatic rings. The van der Waals surface area contributed by atoms with Crippen molar-refractivity contribution in [2.45, 2.75) is 65.0 Å². The molecule has 0 spiro atoms. The van der Waals surface area contributed by atoms with Crippen LogP contribution in [0.1, 0.15) is 52.9 Å². The molecule has 1 fully saturated rings. The van der Waals surface area contributed by atoms with Crippen molar-refractivity contribution >= 4 is 5.91 Å². The van der Waals surface area contributed by atoms with Crippen molar-refractivity contribution in [3.63, 3.8) is 0 Å². The molecule has 1 aliphatic carbocycles. The summed E-state index contributed by atoms with van der Waals surface area (Å²) in [6.07, 6.45) is 4.63. The van der Waals surface area contributed by atoms with Crippen LogP contribution in [0.5, 0.6) is 0 Å². The quantitative estimate of drug-likeness (QED) is 0.684. The number of aliphatic hydroxyl groups excluding tert-OH is 1. The molecule has 3 atom stereocenters. The molecular weight excluding hydrogens is 230 g/mol. The molecule has 4 heteroatoms. The lowest BCUT2D eigenvalue weighted by Gasteiger charge is -2.30. The van der Waals surface area contributed by atoms with Gasteiger partial charge in [0.2, 0.25) is 5.91 Å². The Morgan fingerprint density at radius 1 is 1.61 bits per heavy atom. The molecule has 0 aliphatic heterocycles. The maximum atomic E-state index is 12.0. The van der Waals surface area contributed by atoms with E-state index in [0.717, 1.165) is 32.1 Å². The number of hydrogen-bond donors (Lipinski definition) is 2. The minimum absolute atomic E-state index is 0.0577. The lowest BCUT2D eigenvalue weighted by molar-refractivity contribution is -0.133. The third-order valence-electron chi connectivity index (χ3n) is 3.99. The standard InChI is InChI=1S/C14H27NO3/c1-4-5-9-18-11(2)13(17)15-12-7-6-8-14(12,3)10-16/h11-12,16H,4-10H2,1-3H3,(H,15,17). The van der Waals surface area contributed by atoms with Crippen LogP contribution in [-0.2, 0) is 9.53 Å². The van der Waals surface area contributed by atoms with E-state index in [0.29, 0.717) is 6.61 Å². The molecule has 0 radical (unpaired) electrons. The molecule has 0 bridgehead atoms. The summed E-state index contributed by atoms with van der Waals surface area (Å²) >= 11 is 0. The Morgan fingerprint density at radius 2 is 2.33 bits per heavy atom. The van der Waals surface area contributed by atoms with Gasteiger partial charge in [-0.1, -0.05) is 26.7 Å². The van der Waals surface area contributed by atoms with E-state index in [9.17, 15) is 9.90 Å². The van der Waals surface area contributed by atoms with E-state index in [4.69, 9.17) is 4.74 Å². The highest BCUT2D eigenvalue weighted by atomic mass is 16.5. The molecular formula is C14H27NO3. The van der Waals surface area contributed by atoms with Gasteiger partial charge in [-0.3, -0.25) is 4.79 Å². The predicted octanol–water partition coefficient (Wildman–Crippen LogP) is 1.86. The van der Waals surface area contributed by atoms with E-state index in [1.54, 1.807) is 6.92 Å². The highest BCUT2D eigenvalue weighted by molar-refractivity contribution is 5.80. The molecule has 4 nitrogen and oxygen atoms in total. The zero-order valence-electron chi connectivity index (χ0n) is 11.9. The van der Waals surface area contributed by atoms with Gasteiger partial charge >= 0.3 is 0 Å². The summed E-state index contributed by atoms with van der Waals surface area (Å²) in [5.74, 6) is -0.0577. The van der Waals surface area contributed by atoms with Gasteiger partial charge in [0, 0.05) is 18.1 Å². The first-order chi connectivity index (χ1) is 8.53. The number of carbonyl (C=O) groups excluding carboxylic acids is 1.